The predicted molar refractivity (Wildman–Crippen MR) is 86.9 cm³/mol. The van der Waals surface area contributed by atoms with Gasteiger partial charge in [-0.15, -0.1) is 0 Å². The van der Waals surface area contributed by atoms with Crippen LogP contribution in [0.1, 0.15) is 10.4 Å². The Hall–Kier alpha value is -4.22. The molecule has 0 spiro atoms. The van der Waals surface area contributed by atoms with Crippen molar-refractivity contribution < 1.29 is 14.6 Å². The third kappa shape index (κ3) is 3.48. The number of amides is 1. The maximum absolute atomic E-state index is 12.3. The molecule has 0 saturated carbocycles. The number of benzene rings is 1. The van der Waals surface area contributed by atoms with Crippen LogP contribution < -0.4 is 5.32 Å². The Kier molecular flexibility index (Phi) is 4.30. The maximum atomic E-state index is 12.3. The van der Waals surface area contributed by atoms with Gasteiger partial charge in [0.15, 0.2) is 0 Å². The van der Waals surface area contributed by atoms with E-state index in [1.54, 1.807) is 17.0 Å². The van der Waals surface area contributed by atoms with E-state index in [-0.39, 0.29) is 11.4 Å². The number of nitrogens with one attached hydrogen (secondary N) is 1. The van der Waals surface area contributed by atoms with Crippen molar-refractivity contribution in [1.29, 1.82) is 0 Å². The number of carbonyl (C=O) groups excluding carboxylic acids is 1. The fourth-order valence-electron chi connectivity index (χ4n) is 2.08. The van der Waals surface area contributed by atoms with Gasteiger partial charge >= 0.3 is 0 Å². The summed E-state index contributed by atoms with van der Waals surface area (Å²) in [6.07, 6.45) is 5.89. The zero-order chi connectivity index (χ0) is 18.7. The van der Waals surface area contributed by atoms with Gasteiger partial charge in [0.05, 0.1) is 21.5 Å². The molecule has 0 fully saturated rings. The van der Waals surface area contributed by atoms with E-state index in [9.17, 15) is 25.0 Å². The van der Waals surface area contributed by atoms with Crippen LogP contribution in [0.25, 0.3) is 5.82 Å². The number of carbonyl (C=O) groups is 1. The molecular weight excluding hydrogens is 346 g/mol. The number of rotatable bonds is 5. The second-order valence-electron chi connectivity index (χ2n) is 4.94. The molecule has 3 aromatic rings. The number of nitro benzene ring substituents is 2. The van der Waals surface area contributed by atoms with E-state index in [1.165, 1.54) is 18.7 Å². The van der Waals surface area contributed by atoms with E-state index >= 15 is 0 Å². The Morgan fingerprint density at radius 3 is 2.31 bits per heavy atom. The van der Waals surface area contributed by atoms with Crippen molar-refractivity contribution in [1.82, 2.24) is 19.5 Å². The topological polar surface area (TPSA) is 159 Å². The standard InChI is InChI=1S/C14H9N7O5/c22-14(9-3-10(20(23)24)5-11(4-9)21(25)26)18-12-6-13(17-7-16-12)19-2-1-15-8-19/h1-8H,(H,16,17,18,22). The third-order valence-corrected chi connectivity index (χ3v) is 3.25. The lowest BCUT2D eigenvalue weighted by molar-refractivity contribution is -0.394. The van der Waals surface area contributed by atoms with Gasteiger partial charge in [-0.2, -0.15) is 0 Å². The molecular formula is C14H9N7O5. The normalized spacial score (nSPS) is 10.3. The Balaban J connectivity index is 1.90. The van der Waals surface area contributed by atoms with Gasteiger partial charge in [0.1, 0.15) is 24.3 Å². The van der Waals surface area contributed by atoms with Crippen LogP contribution in [0, 0.1) is 20.2 Å². The van der Waals surface area contributed by atoms with Gasteiger partial charge in [-0.25, -0.2) is 15.0 Å². The lowest BCUT2D eigenvalue weighted by Crippen LogP contribution is -2.14. The minimum atomic E-state index is -0.814. The van der Waals surface area contributed by atoms with E-state index in [2.05, 4.69) is 20.3 Å². The quantitative estimate of drug-likeness (QED) is 0.535. The average molecular weight is 355 g/mol. The van der Waals surface area contributed by atoms with Gasteiger partial charge in [-0.1, -0.05) is 0 Å². The molecule has 0 atom stereocenters. The van der Waals surface area contributed by atoms with Gasteiger partial charge < -0.3 is 5.32 Å². The average Bonchev–Trinajstić information content (AvgIpc) is 3.16. The molecule has 0 saturated heterocycles. The second-order valence-corrected chi connectivity index (χ2v) is 4.94. The molecule has 2 heterocycles. The SMILES string of the molecule is O=C(Nc1cc(-n2ccnc2)ncn1)c1cc([N+](=O)[O-])cc([N+](=O)[O-])c1. The molecule has 1 amide bonds. The van der Waals surface area contributed by atoms with Crippen molar-refractivity contribution in [2.24, 2.45) is 0 Å². The Morgan fingerprint density at radius 1 is 1.04 bits per heavy atom. The molecule has 0 unspecified atom stereocenters. The van der Waals surface area contributed by atoms with Crippen LogP contribution in [0.5, 0.6) is 0 Å². The summed E-state index contributed by atoms with van der Waals surface area (Å²) in [5.41, 5.74) is -1.37. The monoisotopic (exact) mass is 355 g/mol. The van der Waals surface area contributed by atoms with Crippen molar-refractivity contribution in [3.05, 3.63) is 75.1 Å². The highest BCUT2D eigenvalue weighted by Gasteiger charge is 2.20. The fourth-order valence-corrected chi connectivity index (χ4v) is 2.08. The van der Waals surface area contributed by atoms with Crippen LogP contribution in [0.3, 0.4) is 0 Å². The van der Waals surface area contributed by atoms with Crippen LogP contribution in [-0.2, 0) is 0 Å². The zero-order valence-electron chi connectivity index (χ0n) is 12.8. The molecule has 0 aliphatic carbocycles. The van der Waals surface area contributed by atoms with Crippen LogP contribution in [0.4, 0.5) is 17.2 Å². The first-order valence-corrected chi connectivity index (χ1v) is 6.99. The second kappa shape index (κ2) is 6.72. The summed E-state index contributed by atoms with van der Waals surface area (Å²) in [6.45, 7) is 0. The van der Waals surface area contributed by atoms with Crippen LogP contribution >= 0.6 is 0 Å². The Bertz CT molecular complexity index is 970. The lowest BCUT2D eigenvalue weighted by atomic mass is 10.1. The van der Waals surface area contributed by atoms with Crippen molar-refractivity contribution >= 4 is 23.1 Å². The van der Waals surface area contributed by atoms with E-state index in [0.29, 0.717) is 5.82 Å². The number of aromatic nitrogens is 4. The Labute approximate surface area is 144 Å². The summed E-state index contributed by atoms with van der Waals surface area (Å²) in [4.78, 5) is 44.3. The van der Waals surface area contributed by atoms with Gasteiger partial charge in [-0.3, -0.25) is 29.6 Å². The van der Waals surface area contributed by atoms with Gasteiger partial charge in [-0.05, 0) is 0 Å². The molecule has 2 aromatic heterocycles. The number of imidazole rings is 1. The summed E-state index contributed by atoms with van der Waals surface area (Å²) in [6, 6.07) is 4.12. The molecule has 0 bridgehead atoms. The highest BCUT2D eigenvalue weighted by Crippen LogP contribution is 2.23. The molecule has 12 nitrogen and oxygen atoms in total. The van der Waals surface area contributed by atoms with Gasteiger partial charge in [0, 0.05) is 30.6 Å². The molecule has 130 valence electrons. The smallest absolute Gasteiger partial charge is 0.277 e. The maximum Gasteiger partial charge on any atom is 0.277 e. The van der Waals surface area contributed by atoms with Gasteiger partial charge in [0.2, 0.25) is 0 Å². The molecule has 0 radical (unpaired) electrons. The highest BCUT2D eigenvalue weighted by atomic mass is 16.6. The molecule has 3 rings (SSSR count). The molecule has 0 aliphatic rings. The highest BCUT2D eigenvalue weighted by molar-refractivity contribution is 6.04. The number of anilines is 1. The van der Waals surface area contributed by atoms with Crippen molar-refractivity contribution in [2.45, 2.75) is 0 Å². The Morgan fingerprint density at radius 2 is 1.73 bits per heavy atom. The van der Waals surface area contributed by atoms with Crippen molar-refractivity contribution in [3.8, 4) is 5.82 Å². The number of nitro groups is 2. The number of hydrogen-bond donors (Lipinski definition) is 1. The van der Waals surface area contributed by atoms with Crippen molar-refractivity contribution in [3.63, 3.8) is 0 Å². The first-order valence-electron chi connectivity index (χ1n) is 6.99. The largest absolute Gasteiger partial charge is 0.306 e. The van der Waals surface area contributed by atoms with Crippen LogP contribution in [0.2, 0.25) is 0 Å². The van der Waals surface area contributed by atoms with E-state index < -0.39 is 27.1 Å². The summed E-state index contributed by atoms with van der Waals surface area (Å²) in [5.74, 6) is -0.243. The first kappa shape index (κ1) is 16.6. The van der Waals surface area contributed by atoms with Crippen molar-refractivity contribution in [2.75, 3.05) is 5.32 Å². The molecule has 12 heteroatoms. The molecule has 1 N–H and O–H groups in total. The third-order valence-electron chi connectivity index (χ3n) is 3.25. The zero-order valence-corrected chi connectivity index (χ0v) is 12.8. The predicted octanol–water partition coefficient (Wildman–Crippen LogP) is 1.73. The van der Waals surface area contributed by atoms with Crippen LogP contribution in [-0.4, -0.2) is 35.3 Å². The molecule has 1 aromatic carbocycles. The summed E-state index contributed by atoms with van der Waals surface area (Å²) < 4.78 is 1.58. The minimum absolute atomic E-state index is 0.114. The van der Waals surface area contributed by atoms with E-state index in [1.807, 2.05) is 0 Å². The number of hydrogen-bond acceptors (Lipinski definition) is 8. The minimum Gasteiger partial charge on any atom is -0.306 e. The summed E-state index contributed by atoms with van der Waals surface area (Å²) in [5, 5.41) is 24.2. The number of non-ortho nitro benzene ring substituents is 2. The first-order chi connectivity index (χ1) is 12.4. The van der Waals surface area contributed by atoms with E-state index in [4.69, 9.17) is 0 Å². The van der Waals surface area contributed by atoms with Gasteiger partial charge in [0.25, 0.3) is 17.3 Å². The number of nitrogens with zero attached hydrogens (tertiary/aromatic N) is 6. The summed E-state index contributed by atoms with van der Waals surface area (Å²) >= 11 is 0. The van der Waals surface area contributed by atoms with Crippen LogP contribution in [0.15, 0.2) is 49.3 Å². The fraction of sp³-hybridized carbons (Fsp3) is 0. The molecule has 0 aliphatic heterocycles. The molecule has 26 heavy (non-hydrogen) atoms. The summed E-state index contributed by atoms with van der Waals surface area (Å²) in [7, 11) is 0. The lowest BCUT2D eigenvalue weighted by Gasteiger charge is -2.06. The van der Waals surface area contributed by atoms with E-state index in [0.717, 1.165) is 18.2 Å².